The van der Waals surface area contributed by atoms with Crippen LogP contribution < -0.4 is 10.2 Å². The van der Waals surface area contributed by atoms with Crippen LogP contribution in [0.1, 0.15) is 27.2 Å². The van der Waals surface area contributed by atoms with E-state index in [9.17, 15) is 14.8 Å². The number of hydrogen-bond acceptors (Lipinski definition) is 5. The molecule has 1 amide bonds. The summed E-state index contributed by atoms with van der Waals surface area (Å²) in [5.41, 5.74) is -0.663. The van der Waals surface area contributed by atoms with Gasteiger partial charge in [0, 0.05) is 12.5 Å². The van der Waals surface area contributed by atoms with Crippen LogP contribution in [0.25, 0.3) is 0 Å². The Bertz CT molecular complexity index is 492. The van der Waals surface area contributed by atoms with Crippen molar-refractivity contribution in [2.24, 2.45) is 0 Å². The van der Waals surface area contributed by atoms with Crippen molar-refractivity contribution in [1.29, 1.82) is 0 Å². The molecule has 1 atom stereocenters. The molecule has 1 unspecified atom stereocenters. The summed E-state index contributed by atoms with van der Waals surface area (Å²) < 4.78 is 11.1. The van der Waals surface area contributed by atoms with Gasteiger partial charge in [-0.25, -0.2) is 9.59 Å². The van der Waals surface area contributed by atoms with Gasteiger partial charge in [0.25, 0.3) is 0 Å². The van der Waals surface area contributed by atoms with Gasteiger partial charge in [-0.2, -0.15) is 0 Å². The molecule has 1 heterocycles. The van der Waals surface area contributed by atoms with Crippen LogP contribution in [-0.4, -0.2) is 35.5 Å². The average molecular weight is 299 g/mol. The standard InChI is InChI=1S/C13H21N3O5/c1-13(2,3)21-12(18)14-10(11(17)20-4)6-9-15-7-5-8-16(15)19/h5,7-8,10H,6,9H2,1-4H3,(H,14,18). The highest BCUT2D eigenvalue weighted by Gasteiger charge is 2.25. The lowest BCUT2D eigenvalue weighted by atomic mass is 10.2. The van der Waals surface area contributed by atoms with E-state index in [1.165, 1.54) is 18.0 Å². The molecule has 8 heteroatoms. The molecule has 1 aromatic heterocycles. The molecule has 0 spiro atoms. The molecular weight excluding hydrogens is 278 g/mol. The third-order valence-electron chi connectivity index (χ3n) is 2.55. The third-order valence-corrected chi connectivity index (χ3v) is 2.55. The van der Waals surface area contributed by atoms with Gasteiger partial charge in [-0.15, -0.1) is 4.68 Å². The monoisotopic (exact) mass is 299 g/mol. The second-order valence-electron chi connectivity index (χ2n) is 5.47. The summed E-state index contributed by atoms with van der Waals surface area (Å²) >= 11 is 0. The van der Waals surface area contributed by atoms with Gasteiger partial charge in [0.1, 0.15) is 11.6 Å². The van der Waals surface area contributed by atoms with Gasteiger partial charge in [0.05, 0.1) is 19.9 Å². The van der Waals surface area contributed by atoms with Gasteiger partial charge in [0.2, 0.25) is 6.20 Å². The van der Waals surface area contributed by atoms with E-state index in [0.717, 1.165) is 0 Å². The Morgan fingerprint density at radius 2 is 2.10 bits per heavy atom. The fraction of sp³-hybridized carbons (Fsp3) is 0.615. The largest absolute Gasteiger partial charge is 0.596 e. The number of ether oxygens (including phenoxy) is 2. The Labute approximate surface area is 123 Å². The summed E-state index contributed by atoms with van der Waals surface area (Å²) in [6.07, 6.45) is 2.42. The highest BCUT2D eigenvalue weighted by atomic mass is 16.6. The smallest absolute Gasteiger partial charge is 0.408 e. The zero-order valence-electron chi connectivity index (χ0n) is 12.7. The Kier molecular flexibility index (Phi) is 5.57. The zero-order chi connectivity index (χ0) is 16.0. The lowest BCUT2D eigenvalue weighted by molar-refractivity contribution is -0.694. The normalized spacial score (nSPS) is 12.6. The second kappa shape index (κ2) is 6.96. The minimum atomic E-state index is -0.882. The summed E-state index contributed by atoms with van der Waals surface area (Å²) in [4.78, 5) is 24.0. The predicted octanol–water partition coefficient (Wildman–Crippen LogP) is 0.578. The van der Waals surface area contributed by atoms with Crippen LogP contribution in [0.2, 0.25) is 0 Å². The first kappa shape index (κ1) is 16.8. The summed E-state index contributed by atoms with van der Waals surface area (Å²) in [6.45, 7) is 5.42. The van der Waals surface area contributed by atoms with Crippen molar-refractivity contribution in [3.05, 3.63) is 23.7 Å². The summed E-state index contributed by atoms with van der Waals surface area (Å²) in [5, 5.41) is 13.8. The number of rotatable bonds is 5. The lowest BCUT2D eigenvalue weighted by Crippen LogP contribution is -2.45. The van der Waals surface area contributed by atoms with Crippen LogP contribution in [-0.2, 0) is 20.8 Å². The zero-order valence-corrected chi connectivity index (χ0v) is 12.7. The molecular formula is C13H21N3O5. The number of carbonyl (C=O) groups is 2. The van der Waals surface area contributed by atoms with Gasteiger partial charge in [-0.3, -0.25) is 0 Å². The quantitative estimate of drug-likeness (QED) is 0.487. The van der Waals surface area contributed by atoms with Crippen molar-refractivity contribution in [3.63, 3.8) is 0 Å². The SMILES string of the molecule is COC(=O)C(CCn1ccc[n+]1[O-])NC(=O)OC(C)(C)C. The Morgan fingerprint density at radius 3 is 2.57 bits per heavy atom. The number of hydrogen-bond donors (Lipinski definition) is 1. The fourth-order valence-electron chi connectivity index (χ4n) is 1.64. The van der Waals surface area contributed by atoms with Gasteiger partial charge in [0.15, 0.2) is 0 Å². The van der Waals surface area contributed by atoms with Crippen molar-refractivity contribution < 1.29 is 23.9 Å². The van der Waals surface area contributed by atoms with E-state index >= 15 is 0 Å². The van der Waals surface area contributed by atoms with Crippen LogP contribution >= 0.6 is 0 Å². The number of nitrogens with one attached hydrogen (secondary N) is 1. The van der Waals surface area contributed by atoms with E-state index in [4.69, 9.17) is 4.74 Å². The van der Waals surface area contributed by atoms with Gasteiger partial charge in [-0.1, -0.05) is 4.85 Å². The third kappa shape index (κ3) is 5.72. The predicted molar refractivity (Wildman–Crippen MR) is 73.2 cm³/mol. The molecule has 0 fully saturated rings. The van der Waals surface area contributed by atoms with E-state index in [2.05, 4.69) is 10.1 Å². The molecule has 0 aliphatic rings. The molecule has 0 bridgehead atoms. The van der Waals surface area contributed by atoms with Crippen LogP contribution in [0.4, 0.5) is 4.79 Å². The van der Waals surface area contributed by atoms with E-state index in [0.29, 0.717) is 4.85 Å². The van der Waals surface area contributed by atoms with Gasteiger partial charge < -0.3 is 20.0 Å². The Balaban J connectivity index is 2.62. The van der Waals surface area contributed by atoms with Crippen molar-refractivity contribution in [3.8, 4) is 0 Å². The molecule has 1 aromatic rings. The minimum Gasteiger partial charge on any atom is -0.596 e. The topological polar surface area (TPSA) is 96.5 Å². The van der Waals surface area contributed by atoms with Crippen molar-refractivity contribution in [2.75, 3.05) is 7.11 Å². The summed E-state index contributed by atoms with van der Waals surface area (Å²) in [6, 6.07) is 0.703. The molecule has 0 aromatic carbocycles. The maximum Gasteiger partial charge on any atom is 0.408 e. The average Bonchev–Trinajstić information content (AvgIpc) is 2.77. The molecule has 1 rings (SSSR count). The first-order valence-corrected chi connectivity index (χ1v) is 6.55. The number of esters is 1. The molecule has 118 valence electrons. The first-order valence-electron chi connectivity index (χ1n) is 6.55. The molecule has 1 N–H and O–H groups in total. The summed E-state index contributed by atoms with van der Waals surface area (Å²) in [7, 11) is 1.23. The maximum absolute atomic E-state index is 11.7. The maximum atomic E-state index is 11.7. The highest BCUT2D eigenvalue weighted by Crippen LogP contribution is 2.08. The lowest BCUT2D eigenvalue weighted by Gasteiger charge is -2.22. The van der Waals surface area contributed by atoms with Gasteiger partial charge >= 0.3 is 12.1 Å². The molecule has 8 nitrogen and oxygen atoms in total. The number of alkyl carbamates (subject to hydrolysis) is 1. The first-order chi connectivity index (χ1) is 9.73. The van der Waals surface area contributed by atoms with E-state index in [-0.39, 0.29) is 13.0 Å². The van der Waals surface area contributed by atoms with Crippen molar-refractivity contribution in [2.45, 2.75) is 45.4 Å². The van der Waals surface area contributed by atoms with E-state index < -0.39 is 23.7 Å². The molecule has 0 saturated heterocycles. The van der Waals surface area contributed by atoms with E-state index in [1.54, 1.807) is 33.0 Å². The molecule has 0 radical (unpaired) electrons. The molecule has 21 heavy (non-hydrogen) atoms. The van der Waals surface area contributed by atoms with Crippen molar-refractivity contribution >= 4 is 12.1 Å². The number of methoxy groups -OCH3 is 1. The number of amides is 1. The van der Waals surface area contributed by atoms with Crippen LogP contribution in [0.5, 0.6) is 0 Å². The van der Waals surface area contributed by atoms with Crippen LogP contribution in [0.3, 0.4) is 0 Å². The minimum absolute atomic E-state index is 0.211. The Morgan fingerprint density at radius 1 is 1.43 bits per heavy atom. The Hall–Kier alpha value is -2.25. The second-order valence-corrected chi connectivity index (χ2v) is 5.47. The van der Waals surface area contributed by atoms with E-state index in [1.807, 2.05) is 0 Å². The molecule has 0 aliphatic carbocycles. The van der Waals surface area contributed by atoms with Crippen molar-refractivity contribution in [1.82, 2.24) is 10.00 Å². The molecule has 0 saturated carbocycles. The fourth-order valence-corrected chi connectivity index (χ4v) is 1.64. The van der Waals surface area contributed by atoms with Gasteiger partial charge in [-0.05, 0) is 20.8 Å². The molecule has 0 aliphatic heterocycles. The highest BCUT2D eigenvalue weighted by molar-refractivity contribution is 5.81. The van der Waals surface area contributed by atoms with Crippen LogP contribution in [0.15, 0.2) is 18.5 Å². The summed E-state index contributed by atoms with van der Waals surface area (Å²) in [5.74, 6) is -0.592. The number of aromatic nitrogens is 2. The number of aryl methyl sites for hydroxylation is 1. The number of nitrogens with zero attached hydrogens (tertiary/aromatic N) is 2. The number of carbonyl (C=O) groups excluding carboxylic acids is 2. The van der Waals surface area contributed by atoms with Crippen LogP contribution in [0, 0.1) is 5.21 Å².